The van der Waals surface area contributed by atoms with Gasteiger partial charge in [-0.15, -0.1) is 0 Å². The summed E-state index contributed by atoms with van der Waals surface area (Å²) in [7, 11) is 5.24. The van der Waals surface area contributed by atoms with Gasteiger partial charge in [-0.1, -0.05) is 11.3 Å². The summed E-state index contributed by atoms with van der Waals surface area (Å²) in [6, 6.07) is 5.57. The van der Waals surface area contributed by atoms with Crippen molar-refractivity contribution >= 4 is 34.4 Å². The van der Waals surface area contributed by atoms with Crippen LogP contribution in [0.3, 0.4) is 0 Å². The SMILES string of the molecule is COc1nc(N(C)C)sc1C=C1N=C(c2ccc(F)cc2)OC1=O. The molecule has 0 saturated carbocycles. The maximum absolute atomic E-state index is 13.0. The predicted molar refractivity (Wildman–Crippen MR) is 90.0 cm³/mol. The van der Waals surface area contributed by atoms with E-state index in [9.17, 15) is 9.18 Å². The molecule has 124 valence electrons. The van der Waals surface area contributed by atoms with Crippen LogP contribution in [0.15, 0.2) is 35.0 Å². The molecule has 0 N–H and O–H groups in total. The van der Waals surface area contributed by atoms with E-state index in [1.165, 1.54) is 42.7 Å². The Hall–Kier alpha value is -2.74. The van der Waals surface area contributed by atoms with E-state index in [0.717, 1.165) is 5.13 Å². The molecule has 2 heterocycles. The molecule has 1 aliphatic heterocycles. The van der Waals surface area contributed by atoms with Crippen molar-refractivity contribution in [2.45, 2.75) is 0 Å². The quantitative estimate of drug-likeness (QED) is 0.628. The molecule has 0 radical (unpaired) electrons. The molecule has 0 unspecified atom stereocenters. The molecule has 2 aromatic rings. The summed E-state index contributed by atoms with van der Waals surface area (Å²) in [6.45, 7) is 0. The van der Waals surface area contributed by atoms with Gasteiger partial charge in [0.25, 0.3) is 0 Å². The minimum atomic E-state index is -0.573. The lowest BCUT2D eigenvalue weighted by atomic mass is 10.2. The van der Waals surface area contributed by atoms with Crippen LogP contribution in [0.5, 0.6) is 5.88 Å². The maximum atomic E-state index is 13.0. The second-order valence-electron chi connectivity index (χ2n) is 5.11. The second-order valence-corrected chi connectivity index (χ2v) is 6.12. The number of thiazole rings is 1. The lowest BCUT2D eigenvalue weighted by Gasteiger charge is -2.04. The number of cyclic esters (lactones) is 1. The zero-order valence-corrected chi connectivity index (χ0v) is 14.1. The van der Waals surface area contributed by atoms with Crippen molar-refractivity contribution in [2.75, 3.05) is 26.1 Å². The van der Waals surface area contributed by atoms with E-state index in [1.807, 2.05) is 19.0 Å². The van der Waals surface area contributed by atoms with Crippen molar-refractivity contribution < 1.29 is 18.7 Å². The number of hydrogen-bond acceptors (Lipinski definition) is 7. The van der Waals surface area contributed by atoms with Crippen LogP contribution in [0.25, 0.3) is 6.08 Å². The standard InChI is InChI=1S/C16H14FN3O3S/c1-20(2)16-19-14(22-3)12(24-16)8-11-15(21)23-13(18-11)9-4-6-10(17)7-5-9/h4-8H,1-3H3. The molecule has 24 heavy (non-hydrogen) atoms. The van der Waals surface area contributed by atoms with Gasteiger partial charge in [-0.3, -0.25) is 0 Å². The Morgan fingerprint density at radius 1 is 1.29 bits per heavy atom. The topological polar surface area (TPSA) is 64.0 Å². The van der Waals surface area contributed by atoms with E-state index in [1.54, 1.807) is 6.08 Å². The molecule has 6 nitrogen and oxygen atoms in total. The van der Waals surface area contributed by atoms with Crippen LogP contribution < -0.4 is 9.64 Å². The molecule has 0 amide bonds. The van der Waals surface area contributed by atoms with Crippen LogP contribution in [-0.2, 0) is 9.53 Å². The molecular formula is C16H14FN3O3S. The van der Waals surface area contributed by atoms with E-state index < -0.39 is 5.97 Å². The van der Waals surface area contributed by atoms with E-state index in [2.05, 4.69) is 9.98 Å². The Labute approximate surface area is 141 Å². The van der Waals surface area contributed by atoms with Crippen molar-refractivity contribution in [3.8, 4) is 5.88 Å². The highest BCUT2D eigenvalue weighted by Gasteiger charge is 2.25. The maximum Gasteiger partial charge on any atom is 0.363 e. The fraction of sp³-hybridized carbons (Fsp3) is 0.188. The molecule has 1 aliphatic rings. The van der Waals surface area contributed by atoms with Crippen molar-refractivity contribution in [2.24, 2.45) is 4.99 Å². The van der Waals surface area contributed by atoms with Gasteiger partial charge < -0.3 is 14.4 Å². The van der Waals surface area contributed by atoms with Gasteiger partial charge in [-0.05, 0) is 30.3 Å². The van der Waals surface area contributed by atoms with Gasteiger partial charge in [0.05, 0.1) is 12.0 Å². The van der Waals surface area contributed by atoms with Gasteiger partial charge in [0, 0.05) is 19.7 Å². The molecule has 0 fully saturated rings. The Morgan fingerprint density at radius 2 is 2.00 bits per heavy atom. The third-order valence-electron chi connectivity index (χ3n) is 3.16. The molecule has 3 rings (SSSR count). The lowest BCUT2D eigenvalue weighted by Crippen LogP contribution is -2.07. The van der Waals surface area contributed by atoms with Crippen LogP contribution in [0.2, 0.25) is 0 Å². The van der Waals surface area contributed by atoms with Crippen LogP contribution in [-0.4, -0.2) is 38.1 Å². The number of aliphatic imine (C=N–C) groups is 1. The summed E-state index contributed by atoms with van der Waals surface area (Å²) in [5.74, 6) is -0.391. The molecule has 0 bridgehead atoms. The van der Waals surface area contributed by atoms with E-state index >= 15 is 0 Å². The molecule has 0 saturated heterocycles. The molecule has 1 aromatic carbocycles. The first-order chi connectivity index (χ1) is 11.5. The third-order valence-corrected chi connectivity index (χ3v) is 4.32. The Bertz CT molecular complexity index is 841. The number of rotatable bonds is 4. The van der Waals surface area contributed by atoms with E-state index in [0.29, 0.717) is 16.3 Å². The minimum absolute atomic E-state index is 0.140. The number of carbonyl (C=O) groups is 1. The highest BCUT2D eigenvalue weighted by molar-refractivity contribution is 7.16. The first-order valence-corrected chi connectivity index (χ1v) is 7.80. The molecule has 8 heteroatoms. The Kier molecular flexibility index (Phi) is 4.30. The van der Waals surface area contributed by atoms with E-state index in [-0.39, 0.29) is 17.4 Å². The average Bonchev–Trinajstić information content (AvgIpc) is 3.13. The van der Waals surface area contributed by atoms with Gasteiger partial charge in [0.15, 0.2) is 10.8 Å². The fourth-order valence-electron chi connectivity index (χ4n) is 1.98. The molecule has 0 atom stereocenters. The van der Waals surface area contributed by atoms with Gasteiger partial charge in [-0.25, -0.2) is 14.2 Å². The highest BCUT2D eigenvalue weighted by atomic mass is 32.1. The summed E-state index contributed by atoms with van der Waals surface area (Å²) < 4.78 is 23.4. The summed E-state index contributed by atoms with van der Waals surface area (Å²) in [5.41, 5.74) is 0.667. The number of hydrogen-bond donors (Lipinski definition) is 0. The third kappa shape index (κ3) is 3.13. The monoisotopic (exact) mass is 347 g/mol. The second kappa shape index (κ2) is 6.40. The number of esters is 1. The normalized spacial score (nSPS) is 15.4. The number of carbonyl (C=O) groups excluding carboxylic acids is 1. The number of benzene rings is 1. The van der Waals surface area contributed by atoms with Gasteiger partial charge in [0.1, 0.15) is 5.82 Å². The molecule has 1 aromatic heterocycles. The zero-order valence-electron chi connectivity index (χ0n) is 13.2. The van der Waals surface area contributed by atoms with Crippen molar-refractivity contribution in [3.63, 3.8) is 0 Å². The Balaban J connectivity index is 1.95. The largest absolute Gasteiger partial charge is 0.480 e. The lowest BCUT2D eigenvalue weighted by molar-refractivity contribution is -0.129. The van der Waals surface area contributed by atoms with Crippen LogP contribution in [0, 0.1) is 5.82 Å². The van der Waals surface area contributed by atoms with Gasteiger partial charge >= 0.3 is 5.97 Å². The van der Waals surface area contributed by atoms with E-state index in [4.69, 9.17) is 9.47 Å². The van der Waals surface area contributed by atoms with Crippen molar-refractivity contribution in [1.82, 2.24) is 4.98 Å². The molecular weight excluding hydrogens is 333 g/mol. The Morgan fingerprint density at radius 3 is 2.62 bits per heavy atom. The fourth-order valence-corrected chi connectivity index (χ4v) is 2.88. The van der Waals surface area contributed by atoms with Crippen molar-refractivity contribution in [3.05, 3.63) is 46.2 Å². The van der Waals surface area contributed by atoms with Crippen LogP contribution >= 0.6 is 11.3 Å². The minimum Gasteiger partial charge on any atom is -0.480 e. The molecule has 0 spiro atoms. The van der Waals surface area contributed by atoms with Crippen molar-refractivity contribution in [1.29, 1.82) is 0 Å². The first kappa shape index (κ1) is 16.1. The smallest absolute Gasteiger partial charge is 0.363 e. The number of ether oxygens (including phenoxy) is 2. The number of halogens is 1. The number of methoxy groups -OCH3 is 1. The number of anilines is 1. The predicted octanol–water partition coefficient (Wildman–Crippen LogP) is 2.70. The summed E-state index contributed by atoms with van der Waals surface area (Å²) >= 11 is 1.37. The summed E-state index contributed by atoms with van der Waals surface area (Å²) in [5, 5.41) is 0.743. The number of nitrogens with zero attached hydrogens (tertiary/aromatic N) is 3. The first-order valence-electron chi connectivity index (χ1n) is 6.98. The van der Waals surface area contributed by atoms with Crippen LogP contribution in [0.4, 0.5) is 9.52 Å². The highest BCUT2D eigenvalue weighted by Crippen LogP contribution is 2.33. The van der Waals surface area contributed by atoms with Crippen LogP contribution in [0.1, 0.15) is 10.4 Å². The summed E-state index contributed by atoms with van der Waals surface area (Å²) in [4.78, 5) is 23.0. The average molecular weight is 347 g/mol. The number of aromatic nitrogens is 1. The van der Waals surface area contributed by atoms with Gasteiger partial charge in [-0.2, -0.15) is 4.98 Å². The molecule has 0 aliphatic carbocycles. The summed E-state index contributed by atoms with van der Waals surface area (Å²) in [6.07, 6.45) is 1.57. The zero-order chi connectivity index (χ0) is 17.3. The van der Waals surface area contributed by atoms with Gasteiger partial charge in [0.2, 0.25) is 11.8 Å².